The topological polar surface area (TPSA) is 108 Å². The Kier molecular flexibility index (Phi) is 5.49. The second-order valence-corrected chi connectivity index (χ2v) is 6.85. The van der Waals surface area contributed by atoms with E-state index in [1.165, 1.54) is 6.07 Å². The highest BCUT2D eigenvalue weighted by atomic mass is 16.4. The lowest BCUT2D eigenvalue weighted by molar-refractivity contribution is 0.0698. The number of carboxylic acids is 1. The monoisotopic (exact) mass is 366 g/mol. The number of amides is 1. The molecule has 7 nitrogen and oxygen atoms in total. The molecule has 0 aliphatic heterocycles. The van der Waals surface area contributed by atoms with E-state index in [-0.39, 0.29) is 11.5 Å². The van der Waals surface area contributed by atoms with Gasteiger partial charge in [-0.2, -0.15) is 0 Å². The summed E-state index contributed by atoms with van der Waals surface area (Å²) in [6, 6.07) is 10.2. The number of hydrogen-bond acceptors (Lipinski definition) is 4. The van der Waals surface area contributed by atoms with Gasteiger partial charge in [0.25, 0.3) is 5.91 Å². The number of carbonyl (C=O) groups excluding carboxylic acids is 1. The predicted molar refractivity (Wildman–Crippen MR) is 103 cm³/mol. The molecular formula is C20H22N4O3. The Morgan fingerprint density at radius 1 is 1.15 bits per heavy atom. The van der Waals surface area contributed by atoms with Crippen LogP contribution in [-0.2, 0) is 6.42 Å². The lowest BCUT2D eigenvalue weighted by Gasteiger charge is -2.06. The third-order valence-electron chi connectivity index (χ3n) is 4.23. The Morgan fingerprint density at radius 2 is 1.93 bits per heavy atom. The van der Waals surface area contributed by atoms with Crippen molar-refractivity contribution >= 4 is 28.9 Å². The van der Waals surface area contributed by atoms with Gasteiger partial charge in [-0.25, -0.2) is 14.8 Å². The summed E-state index contributed by atoms with van der Waals surface area (Å²) in [4.78, 5) is 35.3. The number of benzene rings is 1. The van der Waals surface area contributed by atoms with Crippen molar-refractivity contribution in [3.8, 4) is 0 Å². The number of para-hydroxylation sites is 1. The molecule has 0 aliphatic carbocycles. The molecule has 0 unspecified atom stereocenters. The van der Waals surface area contributed by atoms with E-state index in [0.717, 1.165) is 25.0 Å². The summed E-state index contributed by atoms with van der Waals surface area (Å²) in [7, 11) is 0. The molecule has 0 aliphatic rings. The van der Waals surface area contributed by atoms with E-state index < -0.39 is 11.9 Å². The SMILES string of the molecule is CC(C)CCCc1cccc(C(=O)Nc2nc3c(C(=O)O)cccc3[nH]2)n1. The largest absolute Gasteiger partial charge is 0.478 e. The number of carbonyl (C=O) groups is 2. The number of H-pyrrole nitrogens is 1. The molecule has 27 heavy (non-hydrogen) atoms. The standard InChI is InChI=1S/C20H22N4O3/c1-12(2)6-3-7-13-8-4-11-16(21-13)18(25)24-20-22-15-10-5-9-14(19(26)27)17(15)23-20/h4-5,8-12H,3,6-7H2,1-2H3,(H,26,27)(H2,22,23,24,25). The second kappa shape index (κ2) is 7.99. The average molecular weight is 366 g/mol. The molecule has 3 N–H and O–H groups in total. The Labute approximate surface area is 156 Å². The zero-order valence-corrected chi connectivity index (χ0v) is 15.3. The van der Waals surface area contributed by atoms with Gasteiger partial charge in [-0.1, -0.05) is 32.4 Å². The molecule has 2 heterocycles. The molecule has 1 aromatic carbocycles. The van der Waals surface area contributed by atoms with Gasteiger partial charge in [0.15, 0.2) is 0 Å². The predicted octanol–water partition coefficient (Wildman–Crippen LogP) is 3.89. The molecule has 140 valence electrons. The third kappa shape index (κ3) is 4.49. The van der Waals surface area contributed by atoms with E-state index in [0.29, 0.717) is 22.6 Å². The Balaban J connectivity index is 1.75. The highest BCUT2D eigenvalue weighted by Gasteiger charge is 2.15. The lowest BCUT2D eigenvalue weighted by Crippen LogP contribution is -2.15. The van der Waals surface area contributed by atoms with E-state index in [1.54, 1.807) is 18.2 Å². The molecule has 0 spiro atoms. The van der Waals surface area contributed by atoms with E-state index in [1.807, 2.05) is 12.1 Å². The van der Waals surface area contributed by atoms with Crippen molar-refractivity contribution in [3.63, 3.8) is 0 Å². The van der Waals surface area contributed by atoms with Crippen LogP contribution < -0.4 is 5.32 Å². The van der Waals surface area contributed by atoms with Gasteiger partial charge in [-0.3, -0.25) is 10.1 Å². The number of nitrogens with one attached hydrogen (secondary N) is 2. The quantitative estimate of drug-likeness (QED) is 0.588. The summed E-state index contributed by atoms with van der Waals surface area (Å²) >= 11 is 0. The van der Waals surface area contributed by atoms with Crippen LogP contribution in [0, 0.1) is 5.92 Å². The van der Waals surface area contributed by atoms with Crippen LogP contribution in [-0.4, -0.2) is 31.9 Å². The van der Waals surface area contributed by atoms with Crippen LogP contribution in [0.2, 0.25) is 0 Å². The smallest absolute Gasteiger partial charge is 0.337 e. The summed E-state index contributed by atoms with van der Waals surface area (Å²) in [5.74, 6) is -0.631. The van der Waals surface area contributed by atoms with Crippen LogP contribution in [0.25, 0.3) is 11.0 Å². The van der Waals surface area contributed by atoms with E-state index >= 15 is 0 Å². The van der Waals surface area contributed by atoms with Gasteiger partial charge in [0, 0.05) is 5.69 Å². The average Bonchev–Trinajstić information content (AvgIpc) is 3.03. The number of fused-ring (bicyclic) bond motifs is 1. The van der Waals surface area contributed by atoms with Gasteiger partial charge in [0.1, 0.15) is 11.2 Å². The maximum atomic E-state index is 12.5. The molecule has 0 radical (unpaired) electrons. The number of aromatic nitrogens is 3. The first-order valence-corrected chi connectivity index (χ1v) is 8.93. The van der Waals surface area contributed by atoms with Crippen LogP contribution in [0.15, 0.2) is 36.4 Å². The summed E-state index contributed by atoms with van der Waals surface area (Å²) in [5, 5.41) is 11.9. The highest BCUT2D eigenvalue weighted by Crippen LogP contribution is 2.19. The van der Waals surface area contributed by atoms with Gasteiger partial charge >= 0.3 is 5.97 Å². The number of aromatic carboxylic acids is 1. The zero-order chi connectivity index (χ0) is 19.4. The minimum absolute atomic E-state index is 0.0783. The van der Waals surface area contributed by atoms with Crippen molar-refractivity contribution < 1.29 is 14.7 Å². The first-order valence-electron chi connectivity index (χ1n) is 8.93. The molecule has 3 rings (SSSR count). The number of aryl methyl sites for hydroxylation is 1. The number of imidazole rings is 1. The normalized spacial score (nSPS) is 11.1. The molecule has 3 aromatic rings. The van der Waals surface area contributed by atoms with Crippen molar-refractivity contribution in [2.75, 3.05) is 5.32 Å². The van der Waals surface area contributed by atoms with Crippen LogP contribution in [0.3, 0.4) is 0 Å². The van der Waals surface area contributed by atoms with Gasteiger partial charge in [-0.05, 0) is 43.0 Å². The number of aromatic amines is 1. The number of anilines is 1. The summed E-state index contributed by atoms with van der Waals surface area (Å²) in [5.41, 5.74) is 2.10. The maximum absolute atomic E-state index is 12.5. The van der Waals surface area contributed by atoms with Crippen molar-refractivity contribution in [2.45, 2.75) is 33.1 Å². The molecule has 2 aromatic heterocycles. The highest BCUT2D eigenvalue weighted by molar-refractivity contribution is 6.04. The van der Waals surface area contributed by atoms with Crippen LogP contribution in [0.1, 0.15) is 53.2 Å². The number of rotatable bonds is 7. The fourth-order valence-corrected chi connectivity index (χ4v) is 2.87. The summed E-state index contributed by atoms with van der Waals surface area (Å²) in [6.07, 6.45) is 2.96. The third-order valence-corrected chi connectivity index (χ3v) is 4.23. The number of pyridine rings is 1. The fraction of sp³-hybridized carbons (Fsp3) is 0.300. The Hall–Kier alpha value is -3.22. The number of carboxylic acid groups (broad SMARTS) is 1. The van der Waals surface area contributed by atoms with Gasteiger partial charge < -0.3 is 10.1 Å². The van der Waals surface area contributed by atoms with Gasteiger partial charge in [0.2, 0.25) is 5.95 Å². The maximum Gasteiger partial charge on any atom is 0.337 e. The van der Waals surface area contributed by atoms with Crippen molar-refractivity contribution in [3.05, 3.63) is 53.3 Å². The zero-order valence-electron chi connectivity index (χ0n) is 15.3. The van der Waals surface area contributed by atoms with Crippen molar-refractivity contribution in [1.29, 1.82) is 0 Å². The molecule has 0 saturated carbocycles. The van der Waals surface area contributed by atoms with E-state index in [9.17, 15) is 14.7 Å². The minimum Gasteiger partial charge on any atom is -0.478 e. The summed E-state index contributed by atoms with van der Waals surface area (Å²) < 4.78 is 0. The summed E-state index contributed by atoms with van der Waals surface area (Å²) in [6.45, 7) is 4.36. The van der Waals surface area contributed by atoms with Crippen molar-refractivity contribution in [2.24, 2.45) is 5.92 Å². The Bertz CT molecular complexity index is 978. The molecule has 1 amide bonds. The molecule has 0 saturated heterocycles. The molecule has 0 fully saturated rings. The molecule has 7 heteroatoms. The Morgan fingerprint density at radius 3 is 2.67 bits per heavy atom. The first-order chi connectivity index (χ1) is 12.9. The van der Waals surface area contributed by atoms with Crippen LogP contribution in [0.5, 0.6) is 0 Å². The number of nitrogens with zero attached hydrogens (tertiary/aromatic N) is 2. The fourth-order valence-electron chi connectivity index (χ4n) is 2.87. The minimum atomic E-state index is -1.07. The van der Waals surface area contributed by atoms with Gasteiger partial charge in [-0.15, -0.1) is 0 Å². The molecular weight excluding hydrogens is 344 g/mol. The van der Waals surface area contributed by atoms with E-state index in [4.69, 9.17) is 0 Å². The van der Waals surface area contributed by atoms with Crippen LogP contribution >= 0.6 is 0 Å². The second-order valence-electron chi connectivity index (χ2n) is 6.85. The first kappa shape index (κ1) is 18.6. The van der Waals surface area contributed by atoms with E-state index in [2.05, 4.69) is 34.1 Å². The molecule has 0 atom stereocenters. The van der Waals surface area contributed by atoms with Gasteiger partial charge in [0.05, 0.1) is 11.1 Å². The molecule has 0 bridgehead atoms. The van der Waals surface area contributed by atoms with Crippen molar-refractivity contribution in [1.82, 2.24) is 15.0 Å². The lowest BCUT2D eigenvalue weighted by atomic mass is 10.1. The van der Waals surface area contributed by atoms with Crippen LogP contribution in [0.4, 0.5) is 5.95 Å². The number of hydrogen-bond donors (Lipinski definition) is 3.